The minimum absolute atomic E-state index is 0.0593. The Morgan fingerprint density at radius 2 is 2.11 bits per heavy atom. The second-order valence-corrected chi connectivity index (χ2v) is 4.27. The molecule has 1 rings (SSSR count). The molecule has 18 heavy (non-hydrogen) atoms. The first-order chi connectivity index (χ1) is 8.54. The fourth-order valence-electron chi connectivity index (χ4n) is 1.86. The molecule has 1 atom stereocenters. The van der Waals surface area contributed by atoms with Crippen LogP contribution in [-0.2, 0) is 4.74 Å². The van der Waals surface area contributed by atoms with Gasteiger partial charge in [0.2, 0.25) is 0 Å². The van der Waals surface area contributed by atoms with Gasteiger partial charge in [0.15, 0.2) is 0 Å². The summed E-state index contributed by atoms with van der Waals surface area (Å²) >= 11 is 0. The van der Waals surface area contributed by atoms with E-state index in [4.69, 9.17) is 9.84 Å². The standard InChI is InChI=1S/C11H20F2N2O3/c1-2-18-11(17)15-5-3-8(4-6-15)14-7-9(16)10(12)13/h8-10,14,16H,2-7H2,1H3. The maximum atomic E-state index is 12.1. The fraction of sp³-hybridized carbons (Fsp3) is 0.909. The largest absolute Gasteiger partial charge is 0.450 e. The molecule has 0 aliphatic carbocycles. The topological polar surface area (TPSA) is 61.8 Å². The van der Waals surface area contributed by atoms with Gasteiger partial charge < -0.3 is 20.1 Å². The lowest BCUT2D eigenvalue weighted by atomic mass is 10.1. The van der Waals surface area contributed by atoms with Crippen molar-refractivity contribution < 1.29 is 23.4 Å². The van der Waals surface area contributed by atoms with Crippen LogP contribution in [0.3, 0.4) is 0 Å². The number of nitrogens with one attached hydrogen (secondary N) is 1. The third-order valence-corrected chi connectivity index (χ3v) is 2.93. The highest BCUT2D eigenvalue weighted by Crippen LogP contribution is 2.12. The van der Waals surface area contributed by atoms with Crippen LogP contribution in [0.4, 0.5) is 13.6 Å². The van der Waals surface area contributed by atoms with E-state index in [1.54, 1.807) is 11.8 Å². The highest BCUT2D eigenvalue weighted by Gasteiger charge is 2.24. The van der Waals surface area contributed by atoms with E-state index in [1.165, 1.54) is 0 Å². The summed E-state index contributed by atoms with van der Waals surface area (Å²) in [5, 5.41) is 11.9. The predicted octanol–water partition coefficient (Wildman–Crippen LogP) is 0.823. The van der Waals surface area contributed by atoms with Crippen molar-refractivity contribution in [2.45, 2.75) is 38.3 Å². The van der Waals surface area contributed by atoms with Crippen molar-refractivity contribution in [1.29, 1.82) is 0 Å². The van der Waals surface area contributed by atoms with Crippen LogP contribution >= 0.6 is 0 Å². The van der Waals surface area contributed by atoms with E-state index < -0.39 is 12.5 Å². The van der Waals surface area contributed by atoms with Gasteiger partial charge in [-0.3, -0.25) is 0 Å². The number of aliphatic hydroxyl groups excluding tert-OH is 1. The van der Waals surface area contributed by atoms with Crippen LogP contribution in [-0.4, -0.2) is 60.9 Å². The molecule has 1 heterocycles. The second-order valence-electron chi connectivity index (χ2n) is 4.27. The summed E-state index contributed by atoms with van der Waals surface area (Å²) < 4.78 is 29.0. The van der Waals surface area contributed by atoms with E-state index >= 15 is 0 Å². The van der Waals surface area contributed by atoms with Crippen LogP contribution in [0.15, 0.2) is 0 Å². The molecule has 0 aromatic carbocycles. The molecular formula is C11H20F2N2O3. The molecule has 1 aliphatic rings. The Bertz CT molecular complexity index is 259. The van der Waals surface area contributed by atoms with E-state index in [0.717, 1.165) is 0 Å². The predicted molar refractivity (Wildman–Crippen MR) is 61.6 cm³/mol. The molecule has 2 N–H and O–H groups in total. The molecule has 7 heteroatoms. The number of carbonyl (C=O) groups excluding carboxylic acids is 1. The Kier molecular flexibility index (Phi) is 6.28. The molecule has 1 fully saturated rings. The van der Waals surface area contributed by atoms with Gasteiger partial charge in [-0.15, -0.1) is 0 Å². The number of rotatable bonds is 5. The van der Waals surface area contributed by atoms with Crippen LogP contribution in [0.25, 0.3) is 0 Å². The zero-order chi connectivity index (χ0) is 13.5. The monoisotopic (exact) mass is 266 g/mol. The number of amides is 1. The van der Waals surface area contributed by atoms with Crippen LogP contribution in [0, 0.1) is 0 Å². The SMILES string of the molecule is CCOC(=O)N1CCC(NCC(O)C(F)F)CC1. The molecule has 106 valence electrons. The lowest BCUT2D eigenvalue weighted by molar-refractivity contribution is -0.00569. The molecule has 0 spiro atoms. The van der Waals surface area contributed by atoms with Gasteiger partial charge in [-0.25, -0.2) is 13.6 Å². The number of carbonyl (C=O) groups is 1. The molecule has 1 aliphatic heterocycles. The van der Waals surface area contributed by atoms with E-state index in [0.29, 0.717) is 32.5 Å². The van der Waals surface area contributed by atoms with Crippen molar-refractivity contribution in [3.05, 3.63) is 0 Å². The zero-order valence-corrected chi connectivity index (χ0v) is 10.4. The second kappa shape index (κ2) is 7.48. The first-order valence-electron chi connectivity index (χ1n) is 6.16. The third-order valence-electron chi connectivity index (χ3n) is 2.93. The van der Waals surface area contributed by atoms with E-state index in [2.05, 4.69) is 5.32 Å². The molecule has 1 saturated heterocycles. The first-order valence-corrected chi connectivity index (χ1v) is 6.16. The summed E-state index contributed by atoms with van der Waals surface area (Å²) in [6.45, 7) is 3.06. The van der Waals surface area contributed by atoms with Crippen LogP contribution in [0.1, 0.15) is 19.8 Å². The van der Waals surface area contributed by atoms with E-state index in [9.17, 15) is 13.6 Å². The smallest absolute Gasteiger partial charge is 0.409 e. The minimum atomic E-state index is -2.72. The maximum absolute atomic E-state index is 12.1. The number of aliphatic hydroxyl groups is 1. The highest BCUT2D eigenvalue weighted by molar-refractivity contribution is 5.67. The average Bonchev–Trinajstić information content (AvgIpc) is 2.36. The molecular weight excluding hydrogens is 246 g/mol. The number of piperidine rings is 1. The van der Waals surface area contributed by atoms with Crippen molar-refractivity contribution in [2.24, 2.45) is 0 Å². The van der Waals surface area contributed by atoms with Crippen molar-refractivity contribution in [3.63, 3.8) is 0 Å². The summed E-state index contributed by atoms with van der Waals surface area (Å²) in [5.41, 5.74) is 0. The van der Waals surface area contributed by atoms with Crippen molar-refractivity contribution in [3.8, 4) is 0 Å². The van der Waals surface area contributed by atoms with Gasteiger partial charge in [-0.05, 0) is 19.8 Å². The summed E-state index contributed by atoms with van der Waals surface area (Å²) in [7, 11) is 0. The van der Waals surface area contributed by atoms with Gasteiger partial charge in [0, 0.05) is 25.7 Å². The quantitative estimate of drug-likeness (QED) is 0.773. The van der Waals surface area contributed by atoms with Gasteiger partial charge in [-0.1, -0.05) is 0 Å². The Hall–Kier alpha value is -0.950. The number of likely N-dealkylation sites (tertiary alicyclic amines) is 1. The summed E-state index contributed by atoms with van der Waals surface area (Å²) in [6, 6.07) is 0.0593. The summed E-state index contributed by atoms with van der Waals surface area (Å²) in [5.74, 6) is 0. The molecule has 0 aromatic rings. The Balaban J connectivity index is 2.21. The van der Waals surface area contributed by atoms with Crippen molar-refractivity contribution >= 4 is 6.09 Å². The molecule has 0 radical (unpaired) electrons. The van der Waals surface area contributed by atoms with Gasteiger partial charge >= 0.3 is 6.09 Å². The molecule has 1 amide bonds. The molecule has 1 unspecified atom stereocenters. The zero-order valence-electron chi connectivity index (χ0n) is 10.4. The molecule has 0 saturated carbocycles. The fourth-order valence-corrected chi connectivity index (χ4v) is 1.86. The van der Waals surface area contributed by atoms with Gasteiger partial charge in [0.1, 0.15) is 6.10 Å². The molecule has 5 nitrogen and oxygen atoms in total. The normalized spacial score (nSPS) is 19.1. The van der Waals surface area contributed by atoms with E-state index in [1.807, 2.05) is 0 Å². The Morgan fingerprint density at radius 3 is 2.61 bits per heavy atom. The lowest BCUT2D eigenvalue weighted by Crippen LogP contribution is -2.47. The van der Waals surface area contributed by atoms with Crippen LogP contribution < -0.4 is 5.32 Å². The number of halogens is 2. The maximum Gasteiger partial charge on any atom is 0.409 e. The van der Waals surface area contributed by atoms with Crippen molar-refractivity contribution in [1.82, 2.24) is 10.2 Å². The average molecular weight is 266 g/mol. The number of hydrogen-bond acceptors (Lipinski definition) is 4. The van der Waals surface area contributed by atoms with Gasteiger partial charge in [-0.2, -0.15) is 0 Å². The van der Waals surface area contributed by atoms with Crippen LogP contribution in [0.2, 0.25) is 0 Å². The first kappa shape index (κ1) is 15.1. The third kappa shape index (κ3) is 4.73. The molecule has 0 aromatic heterocycles. The Labute approximate surface area is 105 Å². The number of alkyl halides is 2. The van der Waals surface area contributed by atoms with Gasteiger partial charge in [0.25, 0.3) is 6.43 Å². The summed E-state index contributed by atoms with van der Waals surface area (Å²) in [6.07, 6.45) is -3.34. The number of ether oxygens (including phenoxy) is 1. The number of nitrogens with zero attached hydrogens (tertiary/aromatic N) is 1. The van der Waals surface area contributed by atoms with Gasteiger partial charge in [0.05, 0.1) is 6.61 Å². The highest BCUT2D eigenvalue weighted by atomic mass is 19.3. The minimum Gasteiger partial charge on any atom is -0.450 e. The van der Waals surface area contributed by atoms with Crippen LogP contribution in [0.5, 0.6) is 0 Å². The van der Waals surface area contributed by atoms with Crippen molar-refractivity contribution in [2.75, 3.05) is 26.2 Å². The Morgan fingerprint density at radius 1 is 1.50 bits per heavy atom. The summed E-state index contributed by atoms with van der Waals surface area (Å²) in [4.78, 5) is 13.0. The molecule has 0 bridgehead atoms. The number of hydrogen-bond donors (Lipinski definition) is 2. The van der Waals surface area contributed by atoms with E-state index in [-0.39, 0.29) is 18.7 Å². The lowest BCUT2D eigenvalue weighted by Gasteiger charge is -2.32.